The number of para-hydroxylation sites is 2. The molecule has 6 nitrogen and oxygen atoms in total. The number of nitrogens with zero attached hydrogens (tertiary/aromatic N) is 1. The van der Waals surface area contributed by atoms with Gasteiger partial charge in [0.1, 0.15) is 5.69 Å². The Morgan fingerprint density at radius 2 is 1.82 bits per heavy atom. The summed E-state index contributed by atoms with van der Waals surface area (Å²) in [7, 11) is 0. The van der Waals surface area contributed by atoms with Gasteiger partial charge in [-0.1, -0.05) is 35.9 Å². The van der Waals surface area contributed by atoms with Gasteiger partial charge in [0.05, 0.1) is 4.92 Å². The summed E-state index contributed by atoms with van der Waals surface area (Å²) in [6, 6.07) is 12.4. The van der Waals surface area contributed by atoms with Crippen LogP contribution >= 0.6 is 11.6 Å². The van der Waals surface area contributed by atoms with Gasteiger partial charge in [-0.25, -0.2) is 4.79 Å². The van der Waals surface area contributed by atoms with Crippen molar-refractivity contribution in [3.63, 3.8) is 0 Å². The molecule has 0 heterocycles. The number of urea groups is 1. The van der Waals surface area contributed by atoms with Crippen LogP contribution in [0.4, 0.5) is 16.2 Å². The molecule has 0 aliphatic rings. The maximum absolute atomic E-state index is 11.7. The monoisotopic (exact) mass is 317 g/mol. The first-order valence-electron chi connectivity index (χ1n) is 6.29. The van der Waals surface area contributed by atoms with E-state index in [1.165, 1.54) is 24.4 Å². The second-order valence-electron chi connectivity index (χ2n) is 4.26. The van der Waals surface area contributed by atoms with Crippen LogP contribution in [0.1, 0.15) is 5.56 Å². The minimum absolute atomic E-state index is 0.130. The van der Waals surface area contributed by atoms with Gasteiger partial charge in [0.2, 0.25) is 0 Å². The molecule has 22 heavy (non-hydrogen) atoms. The molecule has 112 valence electrons. The third-order valence-corrected chi connectivity index (χ3v) is 2.96. The average Bonchev–Trinajstić information content (AvgIpc) is 2.49. The summed E-state index contributed by atoms with van der Waals surface area (Å²) in [5.41, 5.74) is 0.819. The number of hydrogen-bond acceptors (Lipinski definition) is 3. The number of anilines is 1. The lowest BCUT2D eigenvalue weighted by Crippen LogP contribution is -2.24. The Labute approximate surface area is 131 Å². The number of halogens is 1. The number of carbonyl (C=O) groups excluding carboxylic acids is 1. The second-order valence-corrected chi connectivity index (χ2v) is 4.69. The Balaban J connectivity index is 1.96. The lowest BCUT2D eigenvalue weighted by molar-refractivity contribution is -0.383. The van der Waals surface area contributed by atoms with Crippen LogP contribution in [-0.2, 0) is 0 Å². The van der Waals surface area contributed by atoms with Crippen molar-refractivity contribution < 1.29 is 9.72 Å². The quantitative estimate of drug-likeness (QED) is 0.659. The second kappa shape index (κ2) is 7.24. The Hall–Kier alpha value is -2.86. The van der Waals surface area contributed by atoms with E-state index in [4.69, 9.17) is 11.6 Å². The number of rotatable bonds is 4. The van der Waals surface area contributed by atoms with Crippen molar-refractivity contribution in [3.8, 4) is 0 Å². The molecule has 0 atom stereocenters. The predicted octanol–water partition coefficient (Wildman–Crippen LogP) is 4.04. The molecular weight excluding hydrogens is 306 g/mol. The molecule has 0 spiro atoms. The van der Waals surface area contributed by atoms with Crippen LogP contribution in [0.5, 0.6) is 0 Å². The maximum Gasteiger partial charge on any atom is 0.323 e. The van der Waals surface area contributed by atoms with Crippen LogP contribution in [0.3, 0.4) is 0 Å². The molecule has 0 saturated carbocycles. The highest BCUT2D eigenvalue weighted by atomic mass is 35.5. The molecular formula is C15H12ClN3O3. The van der Waals surface area contributed by atoms with Gasteiger partial charge in [-0.2, -0.15) is 0 Å². The first-order valence-corrected chi connectivity index (χ1v) is 6.67. The fourth-order valence-corrected chi connectivity index (χ4v) is 1.81. The average molecular weight is 318 g/mol. The molecule has 2 N–H and O–H groups in total. The molecule has 0 aromatic heterocycles. The zero-order valence-electron chi connectivity index (χ0n) is 11.3. The Morgan fingerprint density at radius 3 is 2.50 bits per heavy atom. The van der Waals surface area contributed by atoms with Gasteiger partial charge in [-0.15, -0.1) is 0 Å². The zero-order chi connectivity index (χ0) is 15.9. The SMILES string of the molecule is O=C(N/C=C/c1ccc(Cl)cc1)Nc1ccccc1[N+](=O)[O-]. The summed E-state index contributed by atoms with van der Waals surface area (Å²) in [5, 5.41) is 16.4. The van der Waals surface area contributed by atoms with Crippen molar-refractivity contribution in [2.24, 2.45) is 0 Å². The molecule has 2 amide bonds. The zero-order valence-corrected chi connectivity index (χ0v) is 12.1. The van der Waals surface area contributed by atoms with Crippen molar-refractivity contribution in [1.29, 1.82) is 0 Å². The van der Waals surface area contributed by atoms with Crippen molar-refractivity contribution in [2.75, 3.05) is 5.32 Å². The summed E-state index contributed by atoms with van der Waals surface area (Å²) in [5.74, 6) is 0. The largest absolute Gasteiger partial charge is 0.323 e. The van der Waals surface area contributed by atoms with E-state index in [1.807, 2.05) is 0 Å². The van der Waals surface area contributed by atoms with E-state index in [2.05, 4.69) is 10.6 Å². The Morgan fingerprint density at radius 1 is 1.14 bits per heavy atom. The third-order valence-electron chi connectivity index (χ3n) is 2.71. The fraction of sp³-hybridized carbons (Fsp3) is 0. The molecule has 0 aliphatic heterocycles. The number of carbonyl (C=O) groups is 1. The highest BCUT2D eigenvalue weighted by Crippen LogP contribution is 2.22. The summed E-state index contributed by atoms with van der Waals surface area (Å²) in [6.07, 6.45) is 3.11. The van der Waals surface area contributed by atoms with Crippen LogP contribution in [-0.4, -0.2) is 11.0 Å². The van der Waals surface area contributed by atoms with Crippen molar-refractivity contribution in [3.05, 3.63) is 75.4 Å². The van der Waals surface area contributed by atoms with Crippen LogP contribution in [0.25, 0.3) is 6.08 Å². The van der Waals surface area contributed by atoms with E-state index in [9.17, 15) is 14.9 Å². The molecule has 0 bridgehead atoms. The summed E-state index contributed by atoms with van der Waals surface area (Å²) in [6.45, 7) is 0. The number of nitrogens with one attached hydrogen (secondary N) is 2. The predicted molar refractivity (Wildman–Crippen MR) is 85.7 cm³/mol. The van der Waals surface area contributed by atoms with Gasteiger partial charge >= 0.3 is 6.03 Å². The molecule has 0 unspecified atom stereocenters. The first-order chi connectivity index (χ1) is 10.6. The van der Waals surface area contributed by atoms with E-state index in [0.29, 0.717) is 5.02 Å². The highest BCUT2D eigenvalue weighted by Gasteiger charge is 2.13. The third kappa shape index (κ3) is 4.32. The maximum atomic E-state index is 11.7. The lowest BCUT2D eigenvalue weighted by Gasteiger charge is -2.05. The Bertz CT molecular complexity index is 714. The molecule has 2 rings (SSSR count). The van der Waals surface area contributed by atoms with Crippen LogP contribution in [0.2, 0.25) is 5.02 Å². The van der Waals surface area contributed by atoms with Crippen LogP contribution < -0.4 is 10.6 Å². The summed E-state index contributed by atoms with van der Waals surface area (Å²) >= 11 is 5.77. The molecule has 0 saturated heterocycles. The van der Waals surface area contributed by atoms with E-state index in [-0.39, 0.29) is 11.4 Å². The summed E-state index contributed by atoms with van der Waals surface area (Å²) in [4.78, 5) is 22.0. The van der Waals surface area contributed by atoms with Gasteiger partial charge < -0.3 is 10.6 Å². The van der Waals surface area contributed by atoms with E-state index >= 15 is 0 Å². The lowest BCUT2D eigenvalue weighted by atomic mass is 10.2. The normalized spacial score (nSPS) is 10.4. The van der Waals surface area contributed by atoms with Gasteiger partial charge in [0.25, 0.3) is 5.69 Å². The molecule has 0 fully saturated rings. The van der Waals surface area contributed by atoms with E-state index in [1.54, 1.807) is 36.4 Å². The number of nitro groups is 1. The Kier molecular flexibility index (Phi) is 5.11. The van der Waals surface area contributed by atoms with Crippen molar-refractivity contribution in [2.45, 2.75) is 0 Å². The van der Waals surface area contributed by atoms with Crippen molar-refractivity contribution in [1.82, 2.24) is 5.32 Å². The fourth-order valence-electron chi connectivity index (χ4n) is 1.68. The smallest absolute Gasteiger partial charge is 0.314 e. The standard InChI is InChI=1S/C15H12ClN3O3/c16-12-7-5-11(6-8-12)9-10-17-15(20)18-13-3-1-2-4-14(13)19(21)22/h1-10H,(H2,17,18,20)/b10-9+. The van der Waals surface area contributed by atoms with Crippen LogP contribution in [0, 0.1) is 10.1 Å². The number of benzene rings is 2. The minimum Gasteiger partial charge on any atom is -0.314 e. The van der Waals surface area contributed by atoms with E-state index in [0.717, 1.165) is 5.56 Å². The minimum atomic E-state index is -0.570. The van der Waals surface area contributed by atoms with Gasteiger partial charge in [0.15, 0.2) is 0 Å². The molecule has 0 radical (unpaired) electrons. The number of hydrogen-bond donors (Lipinski definition) is 2. The van der Waals surface area contributed by atoms with Gasteiger partial charge in [-0.05, 0) is 29.8 Å². The molecule has 2 aromatic carbocycles. The molecule has 0 aliphatic carbocycles. The van der Waals surface area contributed by atoms with Gasteiger partial charge in [0, 0.05) is 17.3 Å². The van der Waals surface area contributed by atoms with Gasteiger partial charge in [-0.3, -0.25) is 10.1 Å². The number of amides is 2. The molecule has 7 heteroatoms. The van der Waals surface area contributed by atoms with E-state index < -0.39 is 11.0 Å². The summed E-state index contributed by atoms with van der Waals surface area (Å²) < 4.78 is 0. The highest BCUT2D eigenvalue weighted by molar-refractivity contribution is 6.30. The van der Waals surface area contributed by atoms with Crippen LogP contribution in [0.15, 0.2) is 54.7 Å². The van der Waals surface area contributed by atoms with Crippen molar-refractivity contribution >= 4 is 35.1 Å². The number of nitro benzene ring substituents is 1. The topological polar surface area (TPSA) is 84.3 Å². The first kappa shape index (κ1) is 15.5. The molecule has 2 aromatic rings.